The van der Waals surface area contributed by atoms with Gasteiger partial charge in [-0.2, -0.15) is 8.57 Å². The number of hydrogen-bond donors (Lipinski definition) is 0. The molecule has 0 fully saturated rings. The SMILES string of the molecule is COCc1cccc(N=S=O)c1. The molecule has 0 aliphatic carbocycles. The predicted molar refractivity (Wildman–Crippen MR) is 47.4 cm³/mol. The van der Waals surface area contributed by atoms with Crippen molar-refractivity contribution < 1.29 is 8.95 Å². The zero-order valence-corrected chi connectivity index (χ0v) is 7.50. The van der Waals surface area contributed by atoms with E-state index in [1.807, 2.05) is 18.2 Å². The number of benzene rings is 1. The van der Waals surface area contributed by atoms with Gasteiger partial charge in [0, 0.05) is 7.11 Å². The summed E-state index contributed by atoms with van der Waals surface area (Å²) in [4.78, 5) is 0. The predicted octanol–water partition coefficient (Wildman–Crippen LogP) is 1.86. The summed E-state index contributed by atoms with van der Waals surface area (Å²) >= 11 is 0.216. The molecule has 0 saturated carbocycles. The molecule has 64 valence electrons. The standard InChI is InChI=1S/C8H9NO2S/c1-11-6-7-3-2-4-8(5-7)9-12-10/h2-5H,6H2,1H3. The molecule has 4 heteroatoms. The van der Waals surface area contributed by atoms with Crippen molar-refractivity contribution in [2.24, 2.45) is 4.36 Å². The maximum Gasteiger partial charge on any atom is 0.205 e. The van der Waals surface area contributed by atoms with E-state index in [9.17, 15) is 4.21 Å². The van der Waals surface area contributed by atoms with Crippen LogP contribution < -0.4 is 0 Å². The van der Waals surface area contributed by atoms with Crippen molar-refractivity contribution in [1.82, 2.24) is 0 Å². The van der Waals surface area contributed by atoms with Crippen LogP contribution in [0.5, 0.6) is 0 Å². The van der Waals surface area contributed by atoms with E-state index in [4.69, 9.17) is 4.74 Å². The largest absolute Gasteiger partial charge is 0.380 e. The van der Waals surface area contributed by atoms with Crippen LogP contribution in [0.1, 0.15) is 5.56 Å². The fraction of sp³-hybridized carbons (Fsp3) is 0.250. The second-order valence-corrected chi connectivity index (χ2v) is 2.60. The quantitative estimate of drug-likeness (QED) is 0.717. The molecule has 12 heavy (non-hydrogen) atoms. The molecule has 0 unspecified atom stereocenters. The van der Waals surface area contributed by atoms with Crippen LogP contribution >= 0.6 is 0 Å². The first kappa shape index (κ1) is 9.09. The second kappa shape index (κ2) is 4.79. The Morgan fingerprint density at radius 3 is 3.08 bits per heavy atom. The summed E-state index contributed by atoms with van der Waals surface area (Å²) in [5, 5.41) is 0. The van der Waals surface area contributed by atoms with E-state index >= 15 is 0 Å². The molecule has 3 nitrogen and oxygen atoms in total. The normalized spacial score (nSPS) is 9.42. The van der Waals surface area contributed by atoms with Crippen molar-refractivity contribution in [2.45, 2.75) is 6.61 Å². The molecule has 0 N–H and O–H groups in total. The molecule has 1 aromatic rings. The summed E-state index contributed by atoms with van der Waals surface area (Å²) in [6.45, 7) is 0.548. The van der Waals surface area contributed by atoms with E-state index in [1.165, 1.54) is 0 Å². The molecule has 0 aliphatic heterocycles. The van der Waals surface area contributed by atoms with Gasteiger partial charge < -0.3 is 4.74 Å². The summed E-state index contributed by atoms with van der Waals surface area (Å²) in [6, 6.07) is 7.39. The average Bonchev–Trinajstić information content (AvgIpc) is 2.06. The number of ether oxygens (including phenoxy) is 1. The minimum absolute atomic E-state index is 0.216. The Bertz CT molecular complexity index is 308. The van der Waals surface area contributed by atoms with E-state index < -0.39 is 0 Å². The van der Waals surface area contributed by atoms with Crippen molar-refractivity contribution in [1.29, 1.82) is 0 Å². The van der Waals surface area contributed by atoms with Gasteiger partial charge in [-0.1, -0.05) is 12.1 Å². The summed E-state index contributed by atoms with van der Waals surface area (Å²) in [7, 11) is 1.63. The Balaban J connectivity index is 2.87. The first-order valence-electron chi connectivity index (χ1n) is 3.44. The molecule has 0 atom stereocenters. The van der Waals surface area contributed by atoms with Crippen molar-refractivity contribution >= 4 is 17.2 Å². The lowest BCUT2D eigenvalue weighted by Crippen LogP contribution is -1.85. The van der Waals surface area contributed by atoms with Crippen LogP contribution in [0.2, 0.25) is 0 Å². The molecule has 1 rings (SSSR count). The van der Waals surface area contributed by atoms with Crippen LogP contribution in [0.4, 0.5) is 5.69 Å². The number of rotatable bonds is 3. The van der Waals surface area contributed by atoms with Gasteiger partial charge in [0.1, 0.15) is 0 Å². The molecule has 1 aromatic carbocycles. The third-order valence-electron chi connectivity index (χ3n) is 1.36. The monoisotopic (exact) mass is 183 g/mol. The molecule has 0 amide bonds. The maximum absolute atomic E-state index is 10.1. The van der Waals surface area contributed by atoms with Crippen LogP contribution in [-0.2, 0) is 22.8 Å². The highest BCUT2D eigenvalue weighted by molar-refractivity contribution is 7.54. The average molecular weight is 183 g/mol. The summed E-state index contributed by atoms with van der Waals surface area (Å²) in [5.74, 6) is 0. The number of hydrogen-bond acceptors (Lipinski definition) is 3. The highest BCUT2D eigenvalue weighted by atomic mass is 32.1. The van der Waals surface area contributed by atoms with Gasteiger partial charge in [0.05, 0.1) is 12.3 Å². The van der Waals surface area contributed by atoms with Gasteiger partial charge in [-0.3, -0.25) is 0 Å². The minimum atomic E-state index is 0.216. The molecule has 0 bridgehead atoms. The Kier molecular flexibility index (Phi) is 3.63. The molecule has 0 heterocycles. The lowest BCUT2D eigenvalue weighted by molar-refractivity contribution is 0.185. The zero-order valence-electron chi connectivity index (χ0n) is 6.69. The van der Waals surface area contributed by atoms with Gasteiger partial charge in [-0.05, 0) is 17.7 Å². The summed E-state index contributed by atoms with van der Waals surface area (Å²) in [5.41, 5.74) is 1.71. The number of nitrogens with zero attached hydrogens (tertiary/aromatic N) is 1. The highest BCUT2D eigenvalue weighted by Gasteiger charge is 1.92. The molecular formula is C8H9NO2S. The molecule has 0 aliphatic rings. The summed E-state index contributed by atoms with van der Waals surface area (Å²) < 4.78 is 18.7. The molecule has 0 saturated heterocycles. The molecular weight excluding hydrogens is 174 g/mol. The van der Waals surface area contributed by atoms with E-state index in [0.29, 0.717) is 12.3 Å². The van der Waals surface area contributed by atoms with Crippen LogP contribution in [0.25, 0.3) is 0 Å². The smallest absolute Gasteiger partial charge is 0.205 e. The maximum atomic E-state index is 10.1. The second-order valence-electron chi connectivity index (χ2n) is 2.27. The van der Waals surface area contributed by atoms with Crippen LogP contribution in [0.3, 0.4) is 0 Å². The van der Waals surface area contributed by atoms with Crippen molar-refractivity contribution in [2.75, 3.05) is 7.11 Å². The van der Waals surface area contributed by atoms with Gasteiger partial charge in [0.15, 0.2) is 0 Å². The first-order chi connectivity index (χ1) is 5.86. The third-order valence-corrected chi connectivity index (χ3v) is 1.65. The fourth-order valence-electron chi connectivity index (χ4n) is 0.913. The first-order valence-corrected chi connectivity index (χ1v) is 4.14. The van der Waals surface area contributed by atoms with Crippen LogP contribution in [0.15, 0.2) is 28.6 Å². The molecule has 0 spiro atoms. The van der Waals surface area contributed by atoms with Crippen LogP contribution in [0, 0.1) is 0 Å². The van der Waals surface area contributed by atoms with E-state index in [2.05, 4.69) is 4.36 Å². The Morgan fingerprint density at radius 1 is 1.58 bits per heavy atom. The minimum Gasteiger partial charge on any atom is -0.380 e. The zero-order chi connectivity index (χ0) is 8.81. The fourth-order valence-corrected chi connectivity index (χ4v) is 1.11. The summed E-state index contributed by atoms with van der Waals surface area (Å²) in [6.07, 6.45) is 0. The molecule has 0 radical (unpaired) electrons. The molecule has 0 aromatic heterocycles. The van der Waals surface area contributed by atoms with Gasteiger partial charge in [0.25, 0.3) is 0 Å². The lowest BCUT2D eigenvalue weighted by Gasteiger charge is -1.98. The van der Waals surface area contributed by atoms with E-state index in [-0.39, 0.29) is 11.5 Å². The van der Waals surface area contributed by atoms with Crippen molar-refractivity contribution in [3.05, 3.63) is 29.8 Å². The van der Waals surface area contributed by atoms with Gasteiger partial charge in [-0.25, -0.2) is 0 Å². The van der Waals surface area contributed by atoms with Gasteiger partial charge in [-0.15, -0.1) is 0 Å². The van der Waals surface area contributed by atoms with Crippen molar-refractivity contribution in [3.63, 3.8) is 0 Å². The van der Waals surface area contributed by atoms with Crippen LogP contribution in [-0.4, -0.2) is 11.3 Å². The van der Waals surface area contributed by atoms with E-state index in [0.717, 1.165) is 5.56 Å². The Labute approximate surface area is 74.6 Å². The van der Waals surface area contributed by atoms with Gasteiger partial charge >= 0.3 is 0 Å². The Hall–Kier alpha value is -1.00. The highest BCUT2D eigenvalue weighted by Crippen LogP contribution is 2.13. The van der Waals surface area contributed by atoms with Gasteiger partial charge in [0.2, 0.25) is 11.5 Å². The topological polar surface area (TPSA) is 38.7 Å². The lowest BCUT2D eigenvalue weighted by atomic mass is 10.2. The van der Waals surface area contributed by atoms with Crippen molar-refractivity contribution in [3.8, 4) is 0 Å². The van der Waals surface area contributed by atoms with E-state index in [1.54, 1.807) is 13.2 Å². The Morgan fingerprint density at radius 2 is 2.42 bits per heavy atom. The number of methoxy groups -OCH3 is 1. The third kappa shape index (κ3) is 2.56.